The van der Waals surface area contributed by atoms with Crippen LogP contribution in [-0.4, -0.2) is 18.4 Å². The topological polar surface area (TPSA) is 80.6 Å². The van der Waals surface area contributed by atoms with E-state index in [4.69, 9.17) is 44.0 Å². The van der Waals surface area contributed by atoms with Gasteiger partial charge in [-0.25, -0.2) is 0 Å². The van der Waals surface area contributed by atoms with Gasteiger partial charge in [0.25, 0.3) is 11.8 Å². The molecule has 6 nitrogen and oxygen atoms in total. The number of furan rings is 1. The highest BCUT2D eigenvalue weighted by molar-refractivity contribution is 6.43. The number of hydrogen-bond acceptors (Lipinski definition) is 4. The van der Waals surface area contributed by atoms with Crippen LogP contribution in [0.1, 0.15) is 10.6 Å². The number of nitrogens with one attached hydrogen (secondary N) is 2. The second kappa shape index (κ2) is 9.01. The lowest BCUT2D eigenvalue weighted by molar-refractivity contribution is -0.118. The molecule has 3 rings (SSSR count). The quantitative estimate of drug-likeness (QED) is 0.496. The smallest absolute Gasteiger partial charge is 0.291 e. The molecule has 0 radical (unpaired) electrons. The first kappa shape index (κ1) is 20.1. The molecule has 0 saturated carbocycles. The Kier molecular flexibility index (Phi) is 6.46. The van der Waals surface area contributed by atoms with Gasteiger partial charge < -0.3 is 19.8 Å². The van der Waals surface area contributed by atoms with E-state index in [-0.39, 0.29) is 33.2 Å². The third-order valence-electron chi connectivity index (χ3n) is 3.48. The third-order valence-corrected chi connectivity index (χ3v) is 4.50. The first-order chi connectivity index (χ1) is 13.4. The Morgan fingerprint density at radius 2 is 1.61 bits per heavy atom. The summed E-state index contributed by atoms with van der Waals surface area (Å²) in [5, 5.41) is 6.13. The number of benzene rings is 2. The molecule has 1 heterocycles. The minimum absolute atomic E-state index is 0.182. The van der Waals surface area contributed by atoms with E-state index in [2.05, 4.69) is 10.6 Å². The van der Waals surface area contributed by atoms with Gasteiger partial charge in [0, 0.05) is 17.4 Å². The van der Waals surface area contributed by atoms with E-state index in [1.165, 1.54) is 18.4 Å². The van der Waals surface area contributed by atoms with Crippen molar-refractivity contribution in [2.75, 3.05) is 17.2 Å². The zero-order chi connectivity index (χ0) is 20.1. The lowest BCUT2D eigenvalue weighted by atomic mass is 10.2. The highest BCUT2D eigenvalue weighted by Crippen LogP contribution is 2.33. The Balaban J connectivity index is 1.58. The van der Waals surface area contributed by atoms with E-state index in [0.717, 1.165) is 0 Å². The molecule has 0 aliphatic carbocycles. The van der Waals surface area contributed by atoms with Crippen molar-refractivity contribution in [3.05, 3.63) is 75.6 Å². The largest absolute Gasteiger partial charge is 0.482 e. The standard InChI is InChI=1S/C19H13Cl3N2O4/c20-13-8-15(22)17(9-14(13)21)28-10-18(25)23-11-3-1-4-12(7-11)24-19(26)16-5-2-6-27-16/h1-9H,10H2,(H,23,25)(H,24,26). The van der Waals surface area contributed by atoms with E-state index >= 15 is 0 Å². The molecule has 1 aromatic heterocycles. The van der Waals surface area contributed by atoms with Gasteiger partial charge >= 0.3 is 0 Å². The Labute approximate surface area is 175 Å². The van der Waals surface area contributed by atoms with Crippen LogP contribution in [0.25, 0.3) is 0 Å². The SMILES string of the molecule is O=C(COc1cc(Cl)c(Cl)cc1Cl)Nc1cccc(NC(=O)c2ccco2)c1. The number of carbonyl (C=O) groups excluding carboxylic acids is 2. The molecule has 0 fully saturated rings. The average Bonchev–Trinajstić information content (AvgIpc) is 3.19. The van der Waals surface area contributed by atoms with Crippen LogP contribution in [0.2, 0.25) is 15.1 Å². The molecule has 3 aromatic rings. The molecule has 0 aliphatic heterocycles. The van der Waals surface area contributed by atoms with Crippen molar-refractivity contribution in [2.45, 2.75) is 0 Å². The number of amides is 2. The molecule has 28 heavy (non-hydrogen) atoms. The molecule has 0 bridgehead atoms. The normalized spacial score (nSPS) is 10.4. The fraction of sp³-hybridized carbons (Fsp3) is 0.0526. The molecule has 2 N–H and O–H groups in total. The number of rotatable bonds is 6. The molecule has 2 amide bonds. The lowest BCUT2D eigenvalue weighted by Gasteiger charge is -2.11. The van der Waals surface area contributed by atoms with Crippen LogP contribution in [0.5, 0.6) is 5.75 Å². The number of carbonyl (C=O) groups is 2. The van der Waals surface area contributed by atoms with Gasteiger partial charge in [0.05, 0.1) is 21.3 Å². The van der Waals surface area contributed by atoms with E-state index < -0.39 is 11.8 Å². The van der Waals surface area contributed by atoms with Crippen molar-refractivity contribution >= 4 is 58.0 Å². The summed E-state index contributed by atoms with van der Waals surface area (Å²) in [5.41, 5.74) is 0.971. The molecule has 2 aromatic carbocycles. The van der Waals surface area contributed by atoms with Crippen LogP contribution in [0, 0.1) is 0 Å². The molecule has 144 valence electrons. The average molecular weight is 440 g/mol. The number of hydrogen-bond donors (Lipinski definition) is 2. The highest BCUT2D eigenvalue weighted by atomic mass is 35.5. The maximum absolute atomic E-state index is 12.1. The van der Waals surface area contributed by atoms with Gasteiger partial charge in [0.15, 0.2) is 12.4 Å². The fourth-order valence-corrected chi connectivity index (χ4v) is 2.82. The molecular weight excluding hydrogens is 427 g/mol. The number of halogens is 3. The summed E-state index contributed by atoms with van der Waals surface area (Å²) in [6.07, 6.45) is 1.41. The zero-order valence-corrected chi connectivity index (χ0v) is 16.4. The van der Waals surface area contributed by atoms with Gasteiger partial charge in [-0.1, -0.05) is 40.9 Å². The minimum Gasteiger partial charge on any atom is -0.482 e. The van der Waals surface area contributed by atoms with Crippen LogP contribution in [0.4, 0.5) is 11.4 Å². The van der Waals surface area contributed by atoms with Crippen LogP contribution >= 0.6 is 34.8 Å². The minimum atomic E-state index is -0.420. The summed E-state index contributed by atoms with van der Waals surface area (Å²) in [4.78, 5) is 24.1. The highest BCUT2D eigenvalue weighted by Gasteiger charge is 2.11. The number of ether oxygens (including phenoxy) is 1. The van der Waals surface area contributed by atoms with Crippen LogP contribution in [0.3, 0.4) is 0 Å². The summed E-state index contributed by atoms with van der Waals surface area (Å²) < 4.78 is 10.4. The Morgan fingerprint density at radius 1 is 0.893 bits per heavy atom. The van der Waals surface area contributed by atoms with Crippen LogP contribution in [0.15, 0.2) is 59.2 Å². The number of anilines is 2. The second-order valence-corrected chi connectivity index (χ2v) is 6.77. The van der Waals surface area contributed by atoms with E-state index in [1.54, 1.807) is 36.4 Å². The van der Waals surface area contributed by atoms with Gasteiger partial charge in [0.1, 0.15) is 5.75 Å². The predicted octanol–water partition coefficient (Wildman–Crippen LogP) is 5.51. The first-order valence-corrected chi connectivity index (χ1v) is 9.08. The molecule has 0 saturated heterocycles. The Hall–Kier alpha value is -2.67. The van der Waals surface area contributed by atoms with Gasteiger partial charge in [-0.05, 0) is 36.4 Å². The summed E-state index contributed by atoms with van der Waals surface area (Å²) in [6.45, 7) is -0.291. The Bertz CT molecular complexity index is 1010. The molecule has 0 aliphatic rings. The summed E-state index contributed by atoms with van der Waals surface area (Å²) in [5.74, 6) is -0.394. The van der Waals surface area contributed by atoms with Crippen LogP contribution in [-0.2, 0) is 4.79 Å². The summed E-state index contributed by atoms with van der Waals surface area (Å²) in [7, 11) is 0. The maximum Gasteiger partial charge on any atom is 0.291 e. The molecule has 0 spiro atoms. The molecule has 9 heteroatoms. The fourth-order valence-electron chi connectivity index (χ4n) is 2.23. The van der Waals surface area contributed by atoms with E-state index in [9.17, 15) is 9.59 Å². The van der Waals surface area contributed by atoms with Gasteiger partial charge in [-0.15, -0.1) is 0 Å². The van der Waals surface area contributed by atoms with Crippen molar-refractivity contribution in [1.29, 1.82) is 0 Å². The second-order valence-electron chi connectivity index (χ2n) is 5.55. The van der Waals surface area contributed by atoms with Gasteiger partial charge in [-0.3, -0.25) is 9.59 Å². The van der Waals surface area contributed by atoms with Crippen molar-refractivity contribution in [3.63, 3.8) is 0 Å². The van der Waals surface area contributed by atoms with Crippen molar-refractivity contribution < 1.29 is 18.7 Å². The van der Waals surface area contributed by atoms with E-state index in [0.29, 0.717) is 11.4 Å². The predicted molar refractivity (Wildman–Crippen MR) is 109 cm³/mol. The third kappa shape index (κ3) is 5.19. The molecule has 0 unspecified atom stereocenters. The lowest BCUT2D eigenvalue weighted by Crippen LogP contribution is -2.20. The van der Waals surface area contributed by atoms with E-state index in [1.807, 2.05) is 0 Å². The van der Waals surface area contributed by atoms with Crippen molar-refractivity contribution in [3.8, 4) is 5.75 Å². The summed E-state index contributed by atoms with van der Waals surface area (Å²) in [6, 6.07) is 12.7. The van der Waals surface area contributed by atoms with Crippen molar-refractivity contribution in [1.82, 2.24) is 0 Å². The molecular formula is C19H13Cl3N2O4. The van der Waals surface area contributed by atoms with Gasteiger partial charge in [-0.2, -0.15) is 0 Å². The maximum atomic E-state index is 12.1. The monoisotopic (exact) mass is 438 g/mol. The Morgan fingerprint density at radius 3 is 2.32 bits per heavy atom. The first-order valence-electron chi connectivity index (χ1n) is 7.94. The van der Waals surface area contributed by atoms with Crippen molar-refractivity contribution in [2.24, 2.45) is 0 Å². The summed E-state index contributed by atoms with van der Waals surface area (Å²) >= 11 is 17.8. The van der Waals surface area contributed by atoms with Crippen LogP contribution < -0.4 is 15.4 Å². The molecule has 0 atom stereocenters. The zero-order valence-electron chi connectivity index (χ0n) is 14.2. The van der Waals surface area contributed by atoms with Gasteiger partial charge in [0.2, 0.25) is 0 Å².